The molecule has 0 saturated carbocycles. The Morgan fingerprint density at radius 1 is 1.03 bits per heavy atom. The Morgan fingerprint density at radius 2 is 1.77 bits per heavy atom. The van der Waals surface area contributed by atoms with E-state index in [2.05, 4.69) is 41.6 Å². The van der Waals surface area contributed by atoms with Gasteiger partial charge in [-0.1, -0.05) is 51.1 Å². The minimum Gasteiger partial charge on any atom is -0.326 e. The van der Waals surface area contributed by atoms with Gasteiger partial charge in [-0.2, -0.15) is 5.10 Å². The predicted octanol–water partition coefficient (Wildman–Crippen LogP) is 4.76. The minimum atomic E-state index is -0.212. The van der Waals surface area contributed by atoms with Gasteiger partial charge in [-0.3, -0.25) is 9.59 Å². The monoisotopic (exact) mass is 442 g/mol. The summed E-state index contributed by atoms with van der Waals surface area (Å²) in [6.45, 7) is 8.50. The molecule has 6 nitrogen and oxygen atoms in total. The highest BCUT2D eigenvalue weighted by molar-refractivity contribution is 5.95. The first-order chi connectivity index (χ1) is 14.3. The molecule has 0 radical (unpaired) electrons. The van der Waals surface area contributed by atoms with Crippen LogP contribution in [0.25, 0.3) is 22.0 Å². The van der Waals surface area contributed by atoms with Crippen LogP contribution in [-0.2, 0) is 4.79 Å². The molecular formula is C24H31ClN4O2. The van der Waals surface area contributed by atoms with Crippen LogP contribution >= 0.6 is 12.4 Å². The zero-order valence-corrected chi connectivity index (χ0v) is 19.1. The van der Waals surface area contributed by atoms with E-state index in [-0.39, 0.29) is 29.3 Å². The molecule has 166 valence electrons. The number of amides is 1. The number of rotatable bonds is 8. The topological polar surface area (TPSA) is 86.9 Å². The number of halogens is 1. The summed E-state index contributed by atoms with van der Waals surface area (Å²) in [6, 6.07) is 14.9. The van der Waals surface area contributed by atoms with E-state index in [0.29, 0.717) is 17.5 Å². The number of hydrogen-bond acceptors (Lipinski definition) is 4. The van der Waals surface area contributed by atoms with Gasteiger partial charge in [0.05, 0.1) is 11.1 Å². The molecule has 1 aromatic heterocycles. The molecule has 2 aromatic carbocycles. The molecule has 0 bridgehead atoms. The second kappa shape index (κ2) is 11.1. The van der Waals surface area contributed by atoms with Crippen molar-refractivity contribution in [2.45, 2.75) is 40.0 Å². The van der Waals surface area contributed by atoms with Crippen LogP contribution < -0.4 is 16.2 Å². The number of carbonyl (C=O) groups excluding carboxylic acids is 1. The molecule has 3 N–H and O–H groups in total. The molecule has 0 aliphatic carbocycles. The van der Waals surface area contributed by atoms with Crippen molar-refractivity contribution in [3.63, 3.8) is 0 Å². The Balaban J connectivity index is 0.00000341. The van der Waals surface area contributed by atoms with Crippen LogP contribution in [0.2, 0.25) is 0 Å². The lowest BCUT2D eigenvalue weighted by molar-refractivity contribution is -0.116. The summed E-state index contributed by atoms with van der Waals surface area (Å²) < 4.78 is 0. The number of hydrogen-bond donors (Lipinski definition) is 3. The summed E-state index contributed by atoms with van der Waals surface area (Å²) in [7, 11) is 0. The Hall–Kier alpha value is -2.70. The van der Waals surface area contributed by atoms with Crippen molar-refractivity contribution in [2.24, 2.45) is 5.41 Å². The van der Waals surface area contributed by atoms with Gasteiger partial charge in [0, 0.05) is 23.1 Å². The van der Waals surface area contributed by atoms with Gasteiger partial charge in [0.2, 0.25) is 5.91 Å². The maximum atomic E-state index is 12.3. The molecular weight excluding hydrogens is 412 g/mol. The van der Waals surface area contributed by atoms with Crippen molar-refractivity contribution in [3.8, 4) is 11.3 Å². The van der Waals surface area contributed by atoms with Crippen molar-refractivity contribution >= 4 is 34.8 Å². The molecule has 0 aliphatic rings. The lowest BCUT2D eigenvalue weighted by Crippen LogP contribution is -2.27. The first-order valence-corrected chi connectivity index (χ1v) is 10.4. The van der Waals surface area contributed by atoms with Gasteiger partial charge < -0.3 is 10.6 Å². The van der Waals surface area contributed by atoms with E-state index in [1.165, 1.54) is 0 Å². The van der Waals surface area contributed by atoms with E-state index in [1.807, 2.05) is 42.5 Å². The van der Waals surface area contributed by atoms with E-state index in [9.17, 15) is 9.59 Å². The van der Waals surface area contributed by atoms with Gasteiger partial charge >= 0.3 is 0 Å². The van der Waals surface area contributed by atoms with E-state index >= 15 is 0 Å². The standard InChI is InChI=1S/C24H30N4O2.ClH/c1-24(2,3)16-25-14-7-6-13-21(29)26-18-10-8-9-17(15-18)22-19-11-4-5-12-20(19)23(30)28-27-22;/h4-5,8-12,15,25H,6-7,13-14,16H2,1-3H3,(H,26,29)(H,28,30);1H. The molecule has 3 rings (SSSR count). The van der Waals surface area contributed by atoms with E-state index in [1.54, 1.807) is 6.07 Å². The first kappa shape index (κ1) is 24.6. The zero-order valence-electron chi connectivity index (χ0n) is 18.3. The third-order valence-electron chi connectivity index (χ3n) is 4.78. The van der Waals surface area contributed by atoms with Crippen LogP contribution in [0.1, 0.15) is 40.0 Å². The number of carbonyl (C=O) groups is 1. The first-order valence-electron chi connectivity index (χ1n) is 10.4. The normalized spacial score (nSPS) is 11.2. The molecule has 0 aliphatic heterocycles. The summed E-state index contributed by atoms with van der Waals surface area (Å²) in [4.78, 5) is 24.3. The number of aromatic nitrogens is 2. The molecule has 0 saturated heterocycles. The van der Waals surface area contributed by atoms with Crippen molar-refractivity contribution in [1.29, 1.82) is 0 Å². The van der Waals surface area contributed by atoms with Crippen molar-refractivity contribution < 1.29 is 4.79 Å². The highest BCUT2D eigenvalue weighted by Gasteiger charge is 2.10. The quantitative estimate of drug-likeness (QED) is 0.439. The third-order valence-corrected chi connectivity index (χ3v) is 4.78. The number of nitrogens with one attached hydrogen (secondary N) is 3. The maximum absolute atomic E-state index is 12.3. The number of fused-ring (bicyclic) bond motifs is 1. The maximum Gasteiger partial charge on any atom is 0.272 e. The smallest absolute Gasteiger partial charge is 0.272 e. The lowest BCUT2D eigenvalue weighted by atomic mass is 9.97. The van der Waals surface area contributed by atoms with Gasteiger partial charge in [-0.05, 0) is 49.5 Å². The molecule has 31 heavy (non-hydrogen) atoms. The van der Waals surface area contributed by atoms with Gasteiger partial charge in [-0.15, -0.1) is 12.4 Å². The summed E-state index contributed by atoms with van der Waals surface area (Å²) in [6.07, 6.45) is 2.30. The van der Waals surface area contributed by atoms with Crippen molar-refractivity contribution in [1.82, 2.24) is 15.5 Å². The van der Waals surface area contributed by atoms with Gasteiger partial charge in [0.1, 0.15) is 0 Å². The molecule has 3 aromatic rings. The number of unbranched alkanes of at least 4 members (excludes halogenated alkanes) is 1. The fraction of sp³-hybridized carbons (Fsp3) is 0.375. The number of benzene rings is 2. The second-order valence-electron chi connectivity index (χ2n) is 8.77. The number of aromatic amines is 1. The number of H-pyrrole nitrogens is 1. The van der Waals surface area contributed by atoms with E-state index in [0.717, 1.165) is 42.6 Å². The summed E-state index contributed by atoms with van der Waals surface area (Å²) in [5.74, 6) is 0.00209. The second-order valence-corrected chi connectivity index (χ2v) is 8.77. The summed E-state index contributed by atoms with van der Waals surface area (Å²) in [5, 5.41) is 14.6. The molecule has 0 unspecified atom stereocenters. The van der Waals surface area contributed by atoms with Crippen LogP contribution in [0.5, 0.6) is 0 Å². The van der Waals surface area contributed by atoms with Crippen LogP contribution in [0, 0.1) is 5.41 Å². The summed E-state index contributed by atoms with van der Waals surface area (Å²) in [5.41, 5.74) is 2.31. The van der Waals surface area contributed by atoms with Crippen molar-refractivity contribution in [2.75, 3.05) is 18.4 Å². The fourth-order valence-electron chi connectivity index (χ4n) is 3.30. The van der Waals surface area contributed by atoms with Gasteiger partial charge in [0.15, 0.2) is 0 Å². The Morgan fingerprint density at radius 3 is 2.52 bits per heavy atom. The highest BCUT2D eigenvalue weighted by atomic mass is 35.5. The molecule has 0 fully saturated rings. The minimum absolute atomic E-state index is 0. The molecule has 0 atom stereocenters. The van der Waals surface area contributed by atoms with Crippen molar-refractivity contribution in [3.05, 3.63) is 58.9 Å². The van der Waals surface area contributed by atoms with Crippen LogP contribution in [0.15, 0.2) is 53.3 Å². The SMILES string of the molecule is CC(C)(C)CNCCCCC(=O)Nc1cccc(-c2n[nH]c(=O)c3ccccc23)c1.Cl. The van der Waals surface area contributed by atoms with E-state index < -0.39 is 0 Å². The highest BCUT2D eigenvalue weighted by Crippen LogP contribution is 2.26. The Kier molecular flexibility index (Phi) is 8.77. The van der Waals surface area contributed by atoms with Gasteiger partial charge in [-0.25, -0.2) is 5.10 Å². The Bertz CT molecular complexity index is 1070. The average Bonchev–Trinajstić information content (AvgIpc) is 2.70. The fourth-order valence-corrected chi connectivity index (χ4v) is 3.30. The Labute approximate surface area is 189 Å². The largest absolute Gasteiger partial charge is 0.326 e. The zero-order chi connectivity index (χ0) is 21.6. The third kappa shape index (κ3) is 7.19. The number of nitrogens with zero attached hydrogens (tertiary/aromatic N) is 1. The van der Waals surface area contributed by atoms with Crippen LogP contribution in [0.4, 0.5) is 5.69 Å². The molecule has 1 amide bonds. The summed E-state index contributed by atoms with van der Waals surface area (Å²) >= 11 is 0. The van der Waals surface area contributed by atoms with E-state index in [4.69, 9.17) is 0 Å². The molecule has 7 heteroatoms. The van der Waals surface area contributed by atoms with Gasteiger partial charge in [0.25, 0.3) is 5.56 Å². The lowest BCUT2D eigenvalue weighted by Gasteiger charge is -2.18. The number of anilines is 1. The molecule has 0 spiro atoms. The predicted molar refractivity (Wildman–Crippen MR) is 130 cm³/mol. The van der Waals surface area contributed by atoms with Crippen LogP contribution in [-0.4, -0.2) is 29.2 Å². The average molecular weight is 443 g/mol. The van der Waals surface area contributed by atoms with Crippen LogP contribution in [0.3, 0.4) is 0 Å². The molecule has 1 heterocycles.